The van der Waals surface area contributed by atoms with Crippen LogP contribution < -0.4 is 4.74 Å². The molecule has 2 nitrogen and oxygen atoms in total. The Morgan fingerprint density at radius 3 is 2.40 bits per heavy atom. The molecule has 0 saturated heterocycles. The molecule has 0 aliphatic carbocycles. The third-order valence-electron chi connectivity index (χ3n) is 3.35. The summed E-state index contributed by atoms with van der Waals surface area (Å²) in [5.74, 6) is 2.88. The first kappa shape index (κ1) is 15.0. The second-order valence-corrected chi connectivity index (χ2v) is 6.55. The average Bonchev–Trinajstić information content (AvgIpc) is 2.41. The summed E-state index contributed by atoms with van der Waals surface area (Å²) in [5, 5.41) is 0. The third-order valence-corrected chi connectivity index (χ3v) is 4.56. The molecule has 0 atom stereocenters. The molecule has 3 heteroatoms. The molecule has 1 aromatic carbocycles. The minimum atomic E-state index is -0.216. The Balaban J connectivity index is 2.07. The van der Waals surface area contributed by atoms with Crippen LogP contribution in [0, 0.1) is 0 Å². The normalized spacial score (nSPS) is 17.6. The summed E-state index contributed by atoms with van der Waals surface area (Å²) >= 11 is 1.86. The molecule has 0 fully saturated rings. The Bertz CT molecular complexity index is 539. The van der Waals surface area contributed by atoms with Gasteiger partial charge in [0.1, 0.15) is 11.4 Å². The van der Waals surface area contributed by atoms with Gasteiger partial charge in [-0.05, 0) is 57.0 Å². The average molecular weight is 290 g/mol. The predicted molar refractivity (Wildman–Crippen MR) is 85.9 cm³/mol. The summed E-state index contributed by atoms with van der Waals surface area (Å²) in [6.45, 7) is 8.35. The Morgan fingerprint density at radius 1 is 1.15 bits per heavy atom. The standard InChI is InChI=1S/C17H22O2S/c1-12-13(2)19-17(3,4)10-16(12)20-11-14-6-8-15(18-5)9-7-14/h6-10H,11H2,1-5H3. The summed E-state index contributed by atoms with van der Waals surface area (Å²) < 4.78 is 11.1. The van der Waals surface area contributed by atoms with Gasteiger partial charge in [0.2, 0.25) is 0 Å². The summed E-state index contributed by atoms with van der Waals surface area (Å²) in [6, 6.07) is 8.24. The number of hydrogen-bond acceptors (Lipinski definition) is 3. The number of rotatable bonds is 4. The second kappa shape index (κ2) is 5.96. The van der Waals surface area contributed by atoms with Gasteiger partial charge in [-0.2, -0.15) is 0 Å². The minimum absolute atomic E-state index is 0.216. The van der Waals surface area contributed by atoms with Gasteiger partial charge in [0, 0.05) is 10.7 Å². The van der Waals surface area contributed by atoms with Crippen molar-refractivity contribution in [1.82, 2.24) is 0 Å². The largest absolute Gasteiger partial charge is 0.497 e. The van der Waals surface area contributed by atoms with Gasteiger partial charge in [0.25, 0.3) is 0 Å². The van der Waals surface area contributed by atoms with Crippen molar-refractivity contribution in [3.63, 3.8) is 0 Å². The van der Waals surface area contributed by atoms with E-state index in [1.54, 1.807) is 7.11 Å². The van der Waals surface area contributed by atoms with Gasteiger partial charge in [0.15, 0.2) is 0 Å². The van der Waals surface area contributed by atoms with Crippen molar-refractivity contribution in [1.29, 1.82) is 0 Å². The van der Waals surface area contributed by atoms with Crippen LogP contribution in [-0.4, -0.2) is 12.7 Å². The molecule has 0 unspecified atom stereocenters. The number of ether oxygens (including phenoxy) is 2. The zero-order valence-electron chi connectivity index (χ0n) is 12.8. The van der Waals surface area contributed by atoms with Crippen molar-refractivity contribution in [3.8, 4) is 5.75 Å². The Labute approximate surface area is 125 Å². The van der Waals surface area contributed by atoms with Crippen LogP contribution in [0.3, 0.4) is 0 Å². The van der Waals surface area contributed by atoms with Gasteiger partial charge in [0.05, 0.1) is 12.9 Å². The van der Waals surface area contributed by atoms with E-state index in [9.17, 15) is 0 Å². The molecule has 0 aromatic heterocycles. The maximum absolute atomic E-state index is 5.87. The summed E-state index contributed by atoms with van der Waals surface area (Å²) in [7, 11) is 1.69. The van der Waals surface area contributed by atoms with Crippen LogP contribution in [0.5, 0.6) is 5.75 Å². The van der Waals surface area contributed by atoms with E-state index in [1.807, 2.05) is 30.8 Å². The molecule has 20 heavy (non-hydrogen) atoms. The Morgan fingerprint density at radius 2 is 1.80 bits per heavy atom. The van der Waals surface area contributed by atoms with Crippen molar-refractivity contribution in [2.24, 2.45) is 0 Å². The smallest absolute Gasteiger partial charge is 0.122 e. The van der Waals surface area contributed by atoms with Crippen LogP contribution >= 0.6 is 11.8 Å². The summed E-state index contributed by atoms with van der Waals surface area (Å²) in [5.41, 5.74) is 2.32. The lowest BCUT2D eigenvalue weighted by molar-refractivity contribution is 0.0735. The molecule has 108 valence electrons. The number of benzene rings is 1. The monoisotopic (exact) mass is 290 g/mol. The molecular formula is C17H22O2S. The van der Waals surface area contributed by atoms with Crippen molar-refractivity contribution in [3.05, 3.63) is 52.1 Å². The van der Waals surface area contributed by atoms with E-state index in [-0.39, 0.29) is 5.60 Å². The van der Waals surface area contributed by atoms with Crippen molar-refractivity contribution in [2.75, 3.05) is 7.11 Å². The van der Waals surface area contributed by atoms with E-state index in [0.29, 0.717) is 0 Å². The molecule has 1 aliphatic rings. The fourth-order valence-electron chi connectivity index (χ4n) is 2.13. The van der Waals surface area contributed by atoms with Crippen molar-refractivity contribution in [2.45, 2.75) is 39.0 Å². The molecular weight excluding hydrogens is 268 g/mol. The minimum Gasteiger partial charge on any atom is -0.497 e. The molecule has 0 saturated carbocycles. The van der Waals surface area contributed by atoms with E-state index in [4.69, 9.17) is 9.47 Å². The van der Waals surface area contributed by atoms with E-state index >= 15 is 0 Å². The zero-order valence-corrected chi connectivity index (χ0v) is 13.6. The first-order valence-corrected chi connectivity index (χ1v) is 7.75. The SMILES string of the molecule is COc1ccc(CSC2=CC(C)(C)OC(C)=C2C)cc1. The topological polar surface area (TPSA) is 18.5 Å². The highest BCUT2D eigenvalue weighted by molar-refractivity contribution is 8.02. The van der Waals surface area contributed by atoms with Gasteiger partial charge in [-0.3, -0.25) is 0 Å². The summed E-state index contributed by atoms with van der Waals surface area (Å²) in [4.78, 5) is 1.31. The number of hydrogen-bond donors (Lipinski definition) is 0. The Kier molecular flexibility index (Phi) is 4.48. The first-order valence-electron chi connectivity index (χ1n) is 6.77. The van der Waals surface area contributed by atoms with Gasteiger partial charge in [-0.1, -0.05) is 12.1 Å². The molecule has 0 radical (unpaired) electrons. The fraction of sp³-hybridized carbons (Fsp3) is 0.412. The molecule has 1 aliphatic heterocycles. The van der Waals surface area contributed by atoms with Crippen LogP contribution in [0.25, 0.3) is 0 Å². The van der Waals surface area contributed by atoms with Crippen molar-refractivity contribution < 1.29 is 9.47 Å². The van der Waals surface area contributed by atoms with Gasteiger partial charge < -0.3 is 9.47 Å². The van der Waals surface area contributed by atoms with E-state index < -0.39 is 0 Å². The third kappa shape index (κ3) is 3.60. The maximum Gasteiger partial charge on any atom is 0.122 e. The predicted octanol–water partition coefficient (Wildman–Crippen LogP) is 4.92. The van der Waals surface area contributed by atoms with Crippen LogP contribution in [0.4, 0.5) is 0 Å². The molecule has 0 spiro atoms. The van der Waals surface area contributed by atoms with Crippen molar-refractivity contribution >= 4 is 11.8 Å². The number of thioether (sulfide) groups is 1. The summed E-state index contributed by atoms with van der Waals surface area (Å²) in [6.07, 6.45) is 2.21. The number of methoxy groups -OCH3 is 1. The Hall–Kier alpha value is -1.35. The molecule has 1 heterocycles. The first-order chi connectivity index (χ1) is 9.41. The highest BCUT2D eigenvalue weighted by atomic mass is 32.2. The maximum atomic E-state index is 5.87. The van der Waals surface area contributed by atoms with Crippen LogP contribution in [-0.2, 0) is 10.5 Å². The lowest BCUT2D eigenvalue weighted by Gasteiger charge is -2.30. The highest BCUT2D eigenvalue weighted by Crippen LogP contribution is 2.37. The second-order valence-electron chi connectivity index (χ2n) is 5.53. The molecule has 0 bridgehead atoms. The van der Waals surface area contributed by atoms with E-state index in [0.717, 1.165) is 17.3 Å². The van der Waals surface area contributed by atoms with Gasteiger partial charge in [-0.15, -0.1) is 11.8 Å². The number of allylic oxidation sites excluding steroid dienone is 2. The lowest BCUT2D eigenvalue weighted by Crippen LogP contribution is -2.24. The van der Waals surface area contributed by atoms with E-state index in [2.05, 4.69) is 39.0 Å². The van der Waals surface area contributed by atoms with Gasteiger partial charge >= 0.3 is 0 Å². The molecule has 1 aromatic rings. The quantitative estimate of drug-likeness (QED) is 0.784. The molecule has 2 rings (SSSR count). The van der Waals surface area contributed by atoms with E-state index in [1.165, 1.54) is 16.0 Å². The molecule has 0 N–H and O–H groups in total. The molecule has 0 amide bonds. The van der Waals surface area contributed by atoms with Gasteiger partial charge in [-0.25, -0.2) is 0 Å². The van der Waals surface area contributed by atoms with Crippen LogP contribution in [0.1, 0.15) is 33.3 Å². The lowest BCUT2D eigenvalue weighted by atomic mass is 10.0. The zero-order chi connectivity index (χ0) is 14.8. The van der Waals surface area contributed by atoms with Crippen LogP contribution in [0.2, 0.25) is 0 Å². The highest BCUT2D eigenvalue weighted by Gasteiger charge is 2.24. The van der Waals surface area contributed by atoms with Crippen LogP contribution in [0.15, 0.2) is 46.6 Å². The fourth-order valence-corrected chi connectivity index (χ4v) is 3.37.